The Labute approximate surface area is 163 Å². The van der Waals surface area contributed by atoms with E-state index >= 15 is 0 Å². The molecular weight excluding hydrogens is 426 g/mol. The molecule has 0 radical (unpaired) electrons. The first-order valence-corrected chi connectivity index (χ1v) is 9.50. The minimum Gasteiger partial charge on any atom is -0.503 e. The van der Waals surface area contributed by atoms with Crippen molar-refractivity contribution in [2.45, 2.75) is 26.8 Å². The van der Waals surface area contributed by atoms with Crippen molar-refractivity contribution in [1.29, 1.82) is 0 Å². The fourth-order valence-corrected chi connectivity index (χ4v) is 3.64. The van der Waals surface area contributed by atoms with Crippen molar-refractivity contribution in [3.8, 4) is 11.5 Å². The van der Waals surface area contributed by atoms with Crippen molar-refractivity contribution in [2.75, 3.05) is 13.2 Å². The van der Waals surface area contributed by atoms with Crippen molar-refractivity contribution >= 4 is 50.9 Å². The number of phenolic OH excluding ortho intramolecular Hbond substituents is 1. The molecule has 1 fully saturated rings. The van der Waals surface area contributed by atoms with Gasteiger partial charge in [0.2, 0.25) is 0 Å². The molecule has 1 heterocycles. The molecular formula is C17H18BrNO6S. The van der Waals surface area contributed by atoms with Gasteiger partial charge in [0.25, 0.3) is 11.1 Å². The maximum Gasteiger partial charge on any atom is 0.329 e. The van der Waals surface area contributed by atoms with Gasteiger partial charge in [-0.25, -0.2) is 4.79 Å². The Balaban J connectivity index is 2.31. The van der Waals surface area contributed by atoms with Crippen LogP contribution in [-0.4, -0.2) is 46.4 Å². The van der Waals surface area contributed by atoms with Crippen LogP contribution in [-0.2, 0) is 14.3 Å². The lowest BCUT2D eigenvalue weighted by Crippen LogP contribution is -2.42. The van der Waals surface area contributed by atoms with Gasteiger partial charge in [-0.3, -0.25) is 14.5 Å². The number of rotatable bonds is 6. The first-order valence-electron chi connectivity index (χ1n) is 7.89. The number of thioether (sulfide) groups is 1. The van der Waals surface area contributed by atoms with Crippen LogP contribution in [0.15, 0.2) is 21.5 Å². The summed E-state index contributed by atoms with van der Waals surface area (Å²) >= 11 is 3.97. The Bertz CT molecular complexity index is 779. The van der Waals surface area contributed by atoms with Crippen LogP contribution >= 0.6 is 27.7 Å². The quantitative estimate of drug-likeness (QED) is 0.530. The van der Waals surface area contributed by atoms with Crippen molar-refractivity contribution in [1.82, 2.24) is 4.90 Å². The zero-order valence-electron chi connectivity index (χ0n) is 14.4. The van der Waals surface area contributed by atoms with Gasteiger partial charge in [-0.2, -0.15) is 0 Å². The summed E-state index contributed by atoms with van der Waals surface area (Å²) in [6.45, 7) is 5.40. The van der Waals surface area contributed by atoms with Gasteiger partial charge >= 0.3 is 5.97 Å². The molecule has 0 bridgehead atoms. The molecule has 0 unspecified atom stereocenters. The van der Waals surface area contributed by atoms with Crippen LogP contribution in [0.4, 0.5) is 4.79 Å². The van der Waals surface area contributed by atoms with E-state index in [4.69, 9.17) is 9.47 Å². The summed E-state index contributed by atoms with van der Waals surface area (Å²) < 4.78 is 10.6. The number of esters is 1. The van der Waals surface area contributed by atoms with E-state index in [1.807, 2.05) is 0 Å². The molecule has 1 aromatic rings. The Morgan fingerprint density at radius 1 is 1.35 bits per heavy atom. The minimum atomic E-state index is -1.00. The van der Waals surface area contributed by atoms with Crippen LogP contribution < -0.4 is 4.74 Å². The highest BCUT2D eigenvalue weighted by Crippen LogP contribution is 2.38. The SMILES string of the molecule is CCOC(=O)[C@@H](C)N1C(=O)S/C(=C/c2cc(Br)c(O)c(OCC)c2)C1=O. The van der Waals surface area contributed by atoms with E-state index in [2.05, 4.69) is 15.9 Å². The number of imide groups is 1. The van der Waals surface area contributed by atoms with Gasteiger partial charge in [0.15, 0.2) is 11.5 Å². The Morgan fingerprint density at radius 3 is 2.65 bits per heavy atom. The highest BCUT2D eigenvalue weighted by atomic mass is 79.9. The number of carbonyl (C=O) groups excluding carboxylic acids is 3. The van der Waals surface area contributed by atoms with E-state index in [0.717, 1.165) is 16.7 Å². The molecule has 1 aliphatic heterocycles. The number of halogens is 1. The number of aromatic hydroxyl groups is 1. The summed E-state index contributed by atoms with van der Waals surface area (Å²) in [6, 6.07) is 2.16. The molecule has 1 N–H and O–H groups in total. The molecule has 0 aromatic heterocycles. The van der Waals surface area contributed by atoms with Gasteiger partial charge < -0.3 is 14.6 Å². The zero-order chi connectivity index (χ0) is 19.4. The maximum absolute atomic E-state index is 12.5. The highest BCUT2D eigenvalue weighted by Gasteiger charge is 2.41. The smallest absolute Gasteiger partial charge is 0.329 e. The maximum atomic E-state index is 12.5. The van der Waals surface area contributed by atoms with Crippen LogP contribution in [0.5, 0.6) is 11.5 Å². The Kier molecular flexibility index (Phi) is 6.71. The van der Waals surface area contributed by atoms with Crippen LogP contribution in [0.25, 0.3) is 6.08 Å². The topological polar surface area (TPSA) is 93.1 Å². The summed E-state index contributed by atoms with van der Waals surface area (Å²) in [7, 11) is 0. The first kappa shape index (κ1) is 20.3. The van der Waals surface area contributed by atoms with Crippen molar-refractivity contribution < 1.29 is 29.0 Å². The number of carbonyl (C=O) groups is 3. The van der Waals surface area contributed by atoms with Crippen molar-refractivity contribution in [3.05, 3.63) is 27.1 Å². The second kappa shape index (κ2) is 8.59. The number of ether oxygens (including phenoxy) is 2. The molecule has 9 heteroatoms. The van der Waals surface area contributed by atoms with Gasteiger partial charge in [0, 0.05) is 0 Å². The van der Waals surface area contributed by atoms with Gasteiger partial charge in [-0.05, 0) is 72.2 Å². The molecule has 2 rings (SSSR count). The van der Waals surface area contributed by atoms with Gasteiger partial charge in [-0.15, -0.1) is 0 Å². The van der Waals surface area contributed by atoms with Crippen LogP contribution in [0.1, 0.15) is 26.3 Å². The molecule has 0 aliphatic carbocycles. The third-order valence-electron chi connectivity index (χ3n) is 3.49. The number of hydrogen-bond acceptors (Lipinski definition) is 7. The number of benzene rings is 1. The molecule has 7 nitrogen and oxygen atoms in total. The number of amides is 2. The average Bonchev–Trinajstić information content (AvgIpc) is 2.85. The molecule has 1 saturated heterocycles. The third kappa shape index (κ3) is 4.21. The molecule has 1 aromatic carbocycles. The third-order valence-corrected chi connectivity index (χ3v) is 4.98. The van der Waals surface area contributed by atoms with E-state index in [9.17, 15) is 19.5 Å². The zero-order valence-corrected chi connectivity index (χ0v) is 16.8. The molecule has 26 heavy (non-hydrogen) atoms. The molecule has 140 valence electrons. The van der Waals surface area contributed by atoms with Crippen LogP contribution in [0.2, 0.25) is 0 Å². The standard InChI is InChI=1S/C17H18BrNO6S/c1-4-24-12-7-10(6-11(18)14(12)20)8-13-15(21)19(17(23)26-13)9(3)16(22)25-5-2/h6-9,20H,4-5H2,1-3H3/b13-8+/t9-/m1/s1. The highest BCUT2D eigenvalue weighted by molar-refractivity contribution is 9.10. The minimum absolute atomic E-state index is 0.0481. The molecule has 1 aliphatic rings. The largest absolute Gasteiger partial charge is 0.503 e. The summed E-state index contributed by atoms with van der Waals surface area (Å²) in [5.41, 5.74) is 0.562. The lowest BCUT2D eigenvalue weighted by Gasteiger charge is -2.19. The van der Waals surface area contributed by atoms with Gasteiger partial charge in [0.1, 0.15) is 6.04 Å². The summed E-state index contributed by atoms with van der Waals surface area (Å²) in [5, 5.41) is 9.42. The summed E-state index contributed by atoms with van der Waals surface area (Å²) in [5.74, 6) is -0.995. The second-order valence-electron chi connectivity index (χ2n) is 5.26. The fraction of sp³-hybridized carbons (Fsp3) is 0.353. The van der Waals surface area contributed by atoms with Gasteiger partial charge in [-0.1, -0.05) is 0 Å². The van der Waals surface area contributed by atoms with E-state index in [0.29, 0.717) is 16.6 Å². The molecule has 0 spiro atoms. The second-order valence-corrected chi connectivity index (χ2v) is 7.11. The predicted octanol–water partition coefficient (Wildman–Crippen LogP) is 3.54. The predicted molar refractivity (Wildman–Crippen MR) is 101 cm³/mol. The summed E-state index contributed by atoms with van der Waals surface area (Å²) in [6.07, 6.45) is 1.51. The monoisotopic (exact) mass is 443 g/mol. The lowest BCUT2D eigenvalue weighted by atomic mass is 10.1. The summed E-state index contributed by atoms with van der Waals surface area (Å²) in [4.78, 5) is 37.6. The van der Waals surface area contributed by atoms with E-state index in [1.165, 1.54) is 13.0 Å². The van der Waals surface area contributed by atoms with Crippen molar-refractivity contribution in [3.63, 3.8) is 0 Å². The van der Waals surface area contributed by atoms with Crippen LogP contribution in [0, 0.1) is 0 Å². The van der Waals surface area contributed by atoms with E-state index in [-0.39, 0.29) is 23.0 Å². The van der Waals surface area contributed by atoms with Gasteiger partial charge in [0.05, 0.1) is 22.6 Å². The number of nitrogens with zero attached hydrogens (tertiary/aromatic N) is 1. The normalized spacial score (nSPS) is 16.9. The van der Waals surface area contributed by atoms with E-state index in [1.54, 1.807) is 26.0 Å². The number of phenols is 1. The number of hydrogen-bond donors (Lipinski definition) is 1. The molecule has 1 atom stereocenters. The first-order chi connectivity index (χ1) is 12.3. The lowest BCUT2D eigenvalue weighted by molar-refractivity contribution is -0.150. The average molecular weight is 444 g/mol. The Hall–Kier alpha value is -2.00. The van der Waals surface area contributed by atoms with Crippen molar-refractivity contribution in [2.24, 2.45) is 0 Å². The fourth-order valence-electron chi connectivity index (χ4n) is 2.28. The Morgan fingerprint density at radius 2 is 2.04 bits per heavy atom. The molecule has 0 saturated carbocycles. The van der Waals surface area contributed by atoms with Crippen LogP contribution in [0.3, 0.4) is 0 Å². The van der Waals surface area contributed by atoms with E-state index < -0.39 is 23.2 Å². The molecule has 2 amide bonds.